The maximum absolute atomic E-state index is 6.44. The lowest BCUT2D eigenvalue weighted by Crippen LogP contribution is -1.91. The third kappa shape index (κ3) is 5.59. The van der Waals surface area contributed by atoms with E-state index in [1.54, 1.807) is 0 Å². The van der Waals surface area contributed by atoms with Gasteiger partial charge in [0.25, 0.3) is 0 Å². The molecule has 14 rings (SSSR count). The molecule has 0 unspecified atom stereocenters. The molecule has 12 aromatic carbocycles. The van der Waals surface area contributed by atoms with Crippen LogP contribution in [-0.2, 0) is 0 Å². The lowest BCUT2D eigenvalue weighted by molar-refractivity contribution is 0.669. The van der Waals surface area contributed by atoms with Gasteiger partial charge < -0.3 is 4.42 Å². The summed E-state index contributed by atoms with van der Waals surface area (Å²) in [6.45, 7) is 0. The molecule has 0 N–H and O–H groups in total. The van der Waals surface area contributed by atoms with Gasteiger partial charge in [-0.05, 0) is 130 Å². The molecule has 0 aliphatic heterocycles. The maximum atomic E-state index is 6.44. The average molecular weight is 855 g/mol. The Morgan fingerprint density at radius 2 is 0.636 bits per heavy atom. The van der Waals surface area contributed by atoms with Gasteiger partial charge in [-0.3, -0.25) is 0 Å². The van der Waals surface area contributed by atoms with Crippen molar-refractivity contribution in [2.45, 2.75) is 0 Å². The number of rotatable bonds is 5. The van der Waals surface area contributed by atoms with Gasteiger partial charge in [0.1, 0.15) is 11.2 Å². The summed E-state index contributed by atoms with van der Waals surface area (Å²) in [4.78, 5) is 0. The molecule has 0 saturated carbocycles. The van der Waals surface area contributed by atoms with Gasteiger partial charge in [0, 0.05) is 36.5 Å². The molecule has 0 radical (unpaired) electrons. The Morgan fingerprint density at radius 1 is 0.242 bits per heavy atom. The van der Waals surface area contributed by atoms with Crippen molar-refractivity contribution in [1.29, 1.82) is 0 Å². The molecular formula is C64H38OS. The fourth-order valence-corrected chi connectivity index (χ4v) is 12.2. The van der Waals surface area contributed by atoms with Crippen LogP contribution in [0.15, 0.2) is 235 Å². The minimum absolute atomic E-state index is 0.897. The van der Waals surface area contributed by atoms with Crippen LogP contribution in [0.25, 0.3) is 141 Å². The van der Waals surface area contributed by atoms with E-state index in [1.165, 1.54) is 119 Å². The maximum Gasteiger partial charge on any atom is 0.135 e. The Labute approximate surface area is 385 Å². The third-order valence-electron chi connectivity index (χ3n) is 13.8. The molecule has 0 aliphatic rings. The van der Waals surface area contributed by atoms with Crippen LogP contribution in [0.5, 0.6) is 0 Å². The average Bonchev–Trinajstić information content (AvgIpc) is 3.95. The van der Waals surface area contributed by atoms with Crippen LogP contribution >= 0.6 is 11.3 Å². The molecule has 0 aliphatic carbocycles. The molecule has 0 bridgehead atoms. The Balaban J connectivity index is 0.966. The predicted octanol–water partition coefficient (Wildman–Crippen LogP) is 18.9. The Bertz CT molecular complexity index is 4160. The highest BCUT2D eigenvalue weighted by atomic mass is 32.1. The zero-order chi connectivity index (χ0) is 43.3. The van der Waals surface area contributed by atoms with Gasteiger partial charge in [-0.15, -0.1) is 11.3 Å². The van der Waals surface area contributed by atoms with Crippen LogP contribution in [0.3, 0.4) is 0 Å². The van der Waals surface area contributed by atoms with Crippen molar-refractivity contribution in [1.82, 2.24) is 0 Å². The third-order valence-corrected chi connectivity index (χ3v) is 15.1. The molecule has 2 heteroatoms. The smallest absolute Gasteiger partial charge is 0.135 e. The van der Waals surface area contributed by atoms with E-state index in [0.29, 0.717) is 0 Å². The number of thiophene rings is 1. The molecule has 1 nitrogen and oxygen atoms in total. The molecule has 2 heterocycles. The van der Waals surface area contributed by atoms with Gasteiger partial charge in [-0.1, -0.05) is 194 Å². The van der Waals surface area contributed by atoms with Gasteiger partial charge >= 0.3 is 0 Å². The highest BCUT2D eigenvalue weighted by Gasteiger charge is 2.22. The van der Waals surface area contributed by atoms with E-state index in [1.807, 2.05) is 11.3 Å². The van der Waals surface area contributed by atoms with Crippen LogP contribution in [0.1, 0.15) is 0 Å². The highest BCUT2D eigenvalue weighted by Crippen LogP contribution is 2.50. The molecular weight excluding hydrogens is 817 g/mol. The van der Waals surface area contributed by atoms with Crippen molar-refractivity contribution in [3.05, 3.63) is 231 Å². The summed E-state index contributed by atoms with van der Waals surface area (Å²) in [6, 6.07) is 84.7. The topological polar surface area (TPSA) is 13.1 Å². The van der Waals surface area contributed by atoms with Crippen molar-refractivity contribution in [3.8, 4) is 55.6 Å². The monoisotopic (exact) mass is 854 g/mol. The first-order valence-corrected chi connectivity index (χ1v) is 23.5. The summed E-state index contributed by atoms with van der Waals surface area (Å²) in [5.74, 6) is 0. The summed E-state index contributed by atoms with van der Waals surface area (Å²) in [5.41, 5.74) is 14.2. The van der Waals surface area contributed by atoms with E-state index in [2.05, 4.69) is 231 Å². The second-order valence-corrected chi connectivity index (χ2v) is 18.5. The summed E-state index contributed by atoms with van der Waals surface area (Å²) < 4.78 is 9.04. The summed E-state index contributed by atoms with van der Waals surface area (Å²) >= 11 is 1.91. The van der Waals surface area contributed by atoms with E-state index in [4.69, 9.17) is 4.42 Å². The number of fused-ring (bicyclic) bond motifs is 10. The van der Waals surface area contributed by atoms with E-state index in [0.717, 1.165) is 21.9 Å². The zero-order valence-electron chi connectivity index (χ0n) is 35.8. The minimum atomic E-state index is 0.897. The Morgan fingerprint density at radius 3 is 1.17 bits per heavy atom. The lowest BCUT2D eigenvalue weighted by atomic mass is 9.85. The zero-order valence-corrected chi connectivity index (χ0v) is 36.6. The SMILES string of the molecule is c1ccc(-c2ccc3oc4ccc(-c5c6ccccc6c(-c6ccc7sc8c(-c9c%10ccccc%10c(-c%10ccccc%10)c%10ccccc9%10)cccc8c7c6)c6ccccc56)cc4c3c2)cc1. The lowest BCUT2D eigenvalue weighted by Gasteiger charge is -2.18. The minimum Gasteiger partial charge on any atom is -0.456 e. The molecule has 0 spiro atoms. The molecule has 0 saturated heterocycles. The van der Waals surface area contributed by atoms with Gasteiger partial charge in [0.2, 0.25) is 0 Å². The van der Waals surface area contributed by atoms with E-state index < -0.39 is 0 Å². The normalized spacial score (nSPS) is 11.9. The highest BCUT2D eigenvalue weighted by molar-refractivity contribution is 7.26. The van der Waals surface area contributed by atoms with Crippen molar-refractivity contribution in [2.24, 2.45) is 0 Å². The molecule has 0 atom stereocenters. The molecule has 66 heavy (non-hydrogen) atoms. The fourth-order valence-electron chi connectivity index (χ4n) is 11.0. The van der Waals surface area contributed by atoms with Crippen LogP contribution in [0.4, 0.5) is 0 Å². The first-order chi connectivity index (χ1) is 32.7. The van der Waals surface area contributed by atoms with E-state index in [-0.39, 0.29) is 0 Å². The molecule has 0 fully saturated rings. The second-order valence-electron chi connectivity index (χ2n) is 17.4. The largest absolute Gasteiger partial charge is 0.456 e. The Kier molecular flexibility index (Phi) is 8.22. The number of benzene rings is 12. The number of hydrogen-bond acceptors (Lipinski definition) is 2. The first-order valence-electron chi connectivity index (χ1n) is 22.7. The van der Waals surface area contributed by atoms with Crippen LogP contribution in [-0.4, -0.2) is 0 Å². The van der Waals surface area contributed by atoms with Gasteiger partial charge in [-0.25, -0.2) is 0 Å². The molecule has 14 aromatic rings. The van der Waals surface area contributed by atoms with Crippen molar-refractivity contribution in [3.63, 3.8) is 0 Å². The molecule has 0 amide bonds. The molecule has 306 valence electrons. The quantitative estimate of drug-likeness (QED) is 0.157. The van der Waals surface area contributed by atoms with Crippen LogP contribution in [0.2, 0.25) is 0 Å². The van der Waals surface area contributed by atoms with Crippen LogP contribution < -0.4 is 0 Å². The Hall–Kier alpha value is -8.30. The van der Waals surface area contributed by atoms with Crippen LogP contribution in [0, 0.1) is 0 Å². The number of hydrogen-bond donors (Lipinski definition) is 0. The molecule has 2 aromatic heterocycles. The number of furan rings is 1. The summed E-state index contributed by atoms with van der Waals surface area (Å²) in [5, 5.41) is 14.9. The van der Waals surface area contributed by atoms with Crippen molar-refractivity contribution >= 4 is 96.5 Å². The second kappa shape index (κ2) is 14.6. The van der Waals surface area contributed by atoms with Crippen molar-refractivity contribution < 1.29 is 4.42 Å². The van der Waals surface area contributed by atoms with Gasteiger partial charge in [0.15, 0.2) is 0 Å². The summed E-state index contributed by atoms with van der Waals surface area (Å²) in [6.07, 6.45) is 0. The fraction of sp³-hybridized carbons (Fsp3) is 0. The van der Waals surface area contributed by atoms with E-state index in [9.17, 15) is 0 Å². The van der Waals surface area contributed by atoms with E-state index >= 15 is 0 Å². The summed E-state index contributed by atoms with van der Waals surface area (Å²) in [7, 11) is 0. The standard InChI is InChI=1S/C64H38OS/c1-3-16-39(17-4-1)41-30-33-57-54(36-41)55-37-42(31-34-58(55)65-57)61-44-20-7-9-22-46(44)62(47-23-10-8-21-45(47)61)43-32-35-59-56(38-43)52-28-15-29-53(64(52)66-59)63-50-26-13-11-24-48(50)60(40-18-5-2-6-19-40)49-25-12-14-27-51(49)63/h1-38H. The van der Waals surface area contributed by atoms with Gasteiger partial charge in [0.05, 0.1) is 0 Å². The van der Waals surface area contributed by atoms with Crippen molar-refractivity contribution in [2.75, 3.05) is 0 Å². The van der Waals surface area contributed by atoms with Gasteiger partial charge in [-0.2, -0.15) is 0 Å². The predicted molar refractivity (Wildman–Crippen MR) is 284 cm³/mol. The first kappa shape index (κ1) is 37.1.